The average molecular weight is 404 g/mol. The minimum Gasteiger partial charge on any atom is -0.369 e. The van der Waals surface area contributed by atoms with Crippen LogP contribution in [0.4, 0.5) is 10.1 Å². The van der Waals surface area contributed by atoms with Gasteiger partial charge in [-0.1, -0.05) is 26.8 Å². The summed E-state index contributed by atoms with van der Waals surface area (Å²) in [6.45, 7) is 11.5. The topological polar surface area (TPSA) is 35.6 Å². The van der Waals surface area contributed by atoms with Gasteiger partial charge < -0.3 is 10.2 Å². The molecule has 1 fully saturated rings. The molecular weight excluding hydrogens is 373 g/mol. The molecule has 4 nitrogen and oxygen atoms in total. The first kappa shape index (κ1) is 20.8. The molecule has 1 amide bonds. The van der Waals surface area contributed by atoms with Crippen LogP contribution in [0.25, 0.3) is 0 Å². The molecule has 0 bridgehead atoms. The molecule has 3 rings (SSSR count). The highest BCUT2D eigenvalue weighted by atomic mass is 32.1. The summed E-state index contributed by atoms with van der Waals surface area (Å²) < 4.78 is 13.2. The van der Waals surface area contributed by atoms with Gasteiger partial charge in [0.05, 0.1) is 6.04 Å². The zero-order valence-corrected chi connectivity index (χ0v) is 17.9. The number of carbonyl (C=O) groups excluding carboxylic acids is 1. The fraction of sp³-hybridized carbons (Fsp3) is 0.500. The predicted molar refractivity (Wildman–Crippen MR) is 114 cm³/mol. The largest absolute Gasteiger partial charge is 0.369 e. The number of thiophene rings is 1. The molecule has 0 aliphatic carbocycles. The molecule has 28 heavy (non-hydrogen) atoms. The van der Waals surface area contributed by atoms with Crippen molar-refractivity contribution in [2.24, 2.45) is 5.41 Å². The highest BCUT2D eigenvalue weighted by Crippen LogP contribution is 2.30. The SMILES string of the molecule is C[C@H](NC(=O)C(C)(C)C)[C@H](c1cccs1)N1CCN(c2ccc(F)cc2)CC1. The summed E-state index contributed by atoms with van der Waals surface area (Å²) >= 11 is 1.74. The third kappa shape index (κ3) is 4.92. The van der Waals surface area contributed by atoms with Crippen molar-refractivity contribution in [1.82, 2.24) is 10.2 Å². The van der Waals surface area contributed by atoms with E-state index in [1.165, 1.54) is 17.0 Å². The van der Waals surface area contributed by atoms with E-state index in [4.69, 9.17) is 0 Å². The molecule has 1 aliphatic rings. The molecule has 2 heterocycles. The Labute approximate surface area is 171 Å². The van der Waals surface area contributed by atoms with Crippen molar-refractivity contribution in [1.29, 1.82) is 0 Å². The van der Waals surface area contributed by atoms with Gasteiger partial charge in [0.15, 0.2) is 0 Å². The van der Waals surface area contributed by atoms with Crippen molar-refractivity contribution in [3.63, 3.8) is 0 Å². The Morgan fingerprint density at radius 1 is 1.11 bits per heavy atom. The van der Waals surface area contributed by atoms with E-state index in [0.29, 0.717) is 0 Å². The van der Waals surface area contributed by atoms with Gasteiger partial charge >= 0.3 is 0 Å². The molecule has 6 heteroatoms. The normalized spacial score (nSPS) is 18.0. The summed E-state index contributed by atoms with van der Waals surface area (Å²) in [5, 5.41) is 5.32. The molecule has 152 valence electrons. The lowest BCUT2D eigenvalue weighted by molar-refractivity contribution is -0.129. The van der Waals surface area contributed by atoms with E-state index < -0.39 is 5.41 Å². The minimum atomic E-state index is -0.407. The minimum absolute atomic E-state index is 0.0164. The lowest BCUT2D eigenvalue weighted by atomic mass is 9.94. The quantitative estimate of drug-likeness (QED) is 0.808. The van der Waals surface area contributed by atoms with Crippen molar-refractivity contribution in [3.8, 4) is 0 Å². The molecule has 2 atom stereocenters. The van der Waals surface area contributed by atoms with Crippen LogP contribution < -0.4 is 10.2 Å². The number of amides is 1. The summed E-state index contributed by atoms with van der Waals surface area (Å²) in [6, 6.07) is 11.1. The standard InChI is InChI=1S/C22H30FN3OS/c1-16(24-21(27)22(2,3)4)20(19-6-5-15-28-19)26-13-11-25(12-14-26)18-9-7-17(23)8-10-18/h5-10,15-16,20H,11-14H2,1-4H3,(H,24,27)/t16-,20+/m0/s1. The van der Waals surface area contributed by atoms with Gasteiger partial charge in [-0.2, -0.15) is 0 Å². The molecule has 1 aromatic carbocycles. The fourth-order valence-electron chi connectivity index (χ4n) is 3.61. The van der Waals surface area contributed by atoms with Crippen LogP contribution in [0.15, 0.2) is 41.8 Å². The maximum absolute atomic E-state index is 13.2. The smallest absolute Gasteiger partial charge is 0.225 e. The number of carbonyl (C=O) groups is 1. The number of anilines is 1. The summed E-state index contributed by atoms with van der Waals surface area (Å²) in [7, 11) is 0. The molecule has 0 unspecified atom stereocenters. The van der Waals surface area contributed by atoms with Crippen LogP contribution in [-0.4, -0.2) is 43.0 Å². The maximum Gasteiger partial charge on any atom is 0.225 e. The summed E-state index contributed by atoms with van der Waals surface area (Å²) in [5.74, 6) is -0.130. The van der Waals surface area contributed by atoms with Gasteiger partial charge in [-0.15, -0.1) is 11.3 Å². The van der Waals surface area contributed by atoms with Crippen molar-refractivity contribution in [2.45, 2.75) is 39.8 Å². The Morgan fingerprint density at radius 3 is 2.29 bits per heavy atom. The lowest BCUT2D eigenvalue weighted by Gasteiger charge is -2.42. The van der Waals surface area contributed by atoms with Gasteiger partial charge in [0, 0.05) is 48.2 Å². The van der Waals surface area contributed by atoms with Crippen LogP contribution in [0, 0.1) is 11.2 Å². The second kappa shape index (κ2) is 8.62. The third-order valence-corrected chi connectivity index (χ3v) is 6.19. The third-order valence-electron chi connectivity index (χ3n) is 5.25. The number of halogens is 1. The number of piperazine rings is 1. The molecule has 1 N–H and O–H groups in total. The first-order chi connectivity index (χ1) is 13.3. The summed E-state index contributed by atoms with van der Waals surface area (Å²) in [4.78, 5) is 18.6. The van der Waals surface area contributed by atoms with Crippen LogP contribution in [0.2, 0.25) is 0 Å². The van der Waals surface area contributed by atoms with Crippen molar-refractivity contribution in [3.05, 3.63) is 52.5 Å². The van der Waals surface area contributed by atoms with E-state index in [2.05, 4.69) is 39.6 Å². The number of nitrogens with one attached hydrogen (secondary N) is 1. The summed E-state index contributed by atoms with van der Waals surface area (Å²) in [6.07, 6.45) is 0. The number of hydrogen-bond acceptors (Lipinski definition) is 4. The van der Waals surface area contributed by atoms with Crippen LogP contribution in [0.5, 0.6) is 0 Å². The highest BCUT2D eigenvalue weighted by Gasteiger charge is 2.32. The second-order valence-electron chi connectivity index (χ2n) is 8.47. The number of hydrogen-bond donors (Lipinski definition) is 1. The highest BCUT2D eigenvalue weighted by molar-refractivity contribution is 7.10. The first-order valence-corrected chi connectivity index (χ1v) is 10.7. The molecule has 1 aliphatic heterocycles. The second-order valence-corrected chi connectivity index (χ2v) is 9.45. The predicted octanol–water partition coefficient (Wildman–Crippen LogP) is 4.30. The molecule has 2 aromatic rings. The zero-order chi connectivity index (χ0) is 20.3. The fourth-order valence-corrected chi connectivity index (χ4v) is 4.58. The number of benzene rings is 1. The average Bonchev–Trinajstić information content (AvgIpc) is 3.16. The van der Waals surface area contributed by atoms with Gasteiger partial charge in [-0.05, 0) is 42.6 Å². The molecule has 0 spiro atoms. The van der Waals surface area contributed by atoms with E-state index in [1.807, 2.05) is 32.9 Å². The van der Waals surface area contributed by atoms with Gasteiger partial charge in [-0.3, -0.25) is 9.69 Å². The van der Waals surface area contributed by atoms with Crippen molar-refractivity contribution < 1.29 is 9.18 Å². The van der Waals surface area contributed by atoms with E-state index in [0.717, 1.165) is 31.9 Å². The monoisotopic (exact) mass is 403 g/mol. The summed E-state index contributed by atoms with van der Waals surface area (Å²) in [5.41, 5.74) is 0.651. The Morgan fingerprint density at radius 2 is 1.75 bits per heavy atom. The van der Waals surface area contributed by atoms with Crippen LogP contribution in [0.1, 0.15) is 38.6 Å². The molecule has 0 radical (unpaired) electrons. The van der Waals surface area contributed by atoms with Crippen LogP contribution in [-0.2, 0) is 4.79 Å². The van der Waals surface area contributed by atoms with E-state index >= 15 is 0 Å². The number of nitrogens with zero attached hydrogens (tertiary/aromatic N) is 2. The lowest BCUT2D eigenvalue weighted by Crippen LogP contribution is -2.53. The molecular formula is C22H30FN3OS. The van der Waals surface area contributed by atoms with Gasteiger partial charge in [0.1, 0.15) is 5.82 Å². The Balaban J connectivity index is 1.70. The Bertz CT molecular complexity index is 762. The van der Waals surface area contributed by atoms with Crippen LogP contribution >= 0.6 is 11.3 Å². The first-order valence-electron chi connectivity index (χ1n) is 9.84. The number of rotatable bonds is 5. The molecule has 1 aromatic heterocycles. The Hall–Kier alpha value is -1.92. The van der Waals surface area contributed by atoms with E-state index in [1.54, 1.807) is 11.3 Å². The van der Waals surface area contributed by atoms with Gasteiger partial charge in [0.25, 0.3) is 0 Å². The van der Waals surface area contributed by atoms with E-state index in [9.17, 15) is 9.18 Å². The Kier molecular flexibility index (Phi) is 6.40. The zero-order valence-electron chi connectivity index (χ0n) is 17.1. The van der Waals surface area contributed by atoms with Gasteiger partial charge in [0.2, 0.25) is 5.91 Å². The van der Waals surface area contributed by atoms with E-state index in [-0.39, 0.29) is 23.8 Å². The van der Waals surface area contributed by atoms with Crippen LogP contribution in [0.3, 0.4) is 0 Å². The van der Waals surface area contributed by atoms with Crippen molar-refractivity contribution in [2.75, 3.05) is 31.1 Å². The maximum atomic E-state index is 13.2. The van der Waals surface area contributed by atoms with Crippen molar-refractivity contribution >= 4 is 22.9 Å². The molecule has 1 saturated heterocycles. The molecule has 0 saturated carbocycles. The van der Waals surface area contributed by atoms with Gasteiger partial charge in [-0.25, -0.2) is 4.39 Å².